The number of anilines is 1. The molecule has 2 heterocycles. The predicted molar refractivity (Wildman–Crippen MR) is 224 cm³/mol. The molecule has 2 unspecified atom stereocenters. The summed E-state index contributed by atoms with van der Waals surface area (Å²) in [6.45, 7) is 2.09. The highest BCUT2D eigenvalue weighted by Gasteiger charge is 2.28. The lowest BCUT2D eigenvalue weighted by Crippen LogP contribution is -2.38. The molecule has 0 saturated heterocycles. The molecule has 2 atom stereocenters. The molecule has 0 saturated carbocycles. The van der Waals surface area contributed by atoms with Crippen LogP contribution in [0.1, 0.15) is 125 Å². The highest BCUT2D eigenvalue weighted by atomic mass is 16.6. The monoisotopic (exact) mass is 811 g/mol. The van der Waals surface area contributed by atoms with Crippen molar-refractivity contribution in [3.05, 3.63) is 111 Å². The fourth-order valence-corrected chi connectivity index (χ4v) is 7.61. The molecule has 59 heavy (non-hydrogen) atoms. The summed E-state index contributed by atoms with van der Waals surface area (Å²) in [7, 11) is 3.18. The number of carbonyl (C=O) groups excluding carboxylic acids is 1. The van der Waals surface area contributed by atoms with Crippen LogP contribution in [0.5, 0.6) is 23.0 Å². The first-order valence-electron chi connectivity index (χ1n) is 20.4. The lowest BCUT2D eigenvalue weighted by Gasteiger charge is -2.29. The van der Waals surface area contributed by atoms with Crippen molar-refractivity contribution in [2.45, 2.75) is 103 Å². The van der Waals surface area contributed by atoms with E-state index in [9.17, 15) is 25.2 Å². The van der Waals surface area contributed by atoms with E-state index < -0.39 is 12.3 Å². The molecule has 0 spiro atoms. The fourth-order valence-electron chi connectivity index (χ4n) is 7.61. The highest BCUT2D eigenvalue weighted by Crippen LogP contribution is 2.41. The Morgan fingerprint density at radius 1 is 0.678 bits per heavy atom. The van der Waals surface area contributed by atoms with Gasteiger partial charge in [-0.15, -0.1) is 0 Å². The van der Waals surface area contributed by atoms with Crippen molar-refractivity contribution < 1.29 is 49.0 Å². The van der Waals surface area contributed by atoms with E-state index in [-0.39, 0.29) is 32.3 Å². The van der Waals surface area contributed by atoms with Gasteiger partial charge in [-0.25, -0.2) is 0 Å². The quantitative estimate of drug-likeness (QED) is 0.0439. The Morgan fingerprint density at radius 2 is 1.29 bits per heavy atom. The van der Waals surface area contributed by atoms with Gasteiger partial charge in [-0.2, -0.15) is 0 Å². The average Bonchev–Trinajstić information content (AvgIpc) is 3.77. The molecule has 6 N–H and O–H groups in total. The molecular formula is C46H57N3O10. The number of fused-ring (bicyclic) bond motifs is 1. The van der Waals surface area contributed by atoms with E-state index >= 15 is 0 Å². The molecule has 0 radical (unpaired) electrons. The Morgan fingerprint density at radius 3 is 1.90 bits per heavy atom. The summed E-state index contributed by atoms with van der Waals surface area (Å²) in [6.07, 6.45) is 8.10. The number of amides is 1. The summed E-state index contributed by atoms with van der Waals surface area (Å²) < 4.78 is 23.6. The summed E-state index contributed by atoms with van der Waals surface area (Å²) in [5, 5.41) is 50.2. The zero-order valence-corrected chi connectivity index (χ0v) is 34.2. The number of nitrogens with one attached hydrogen (secondary N) is 2. The molecule has 316 valence electrons. The van der Waals surface area contributed by atoms with Gasteiger partial charge in [-0.1, -0.05) is 61.4 Å². The lowest BCUT2D eigenvalue weighted by molar-refractivity contribution is 0.0853. The van der Waals surface area contributed by atoms with Crippen LogP contribution in [0.4, 0.5) is 5.69 Å². The number of methoxy groups -OCH3 is 2. The van der Waals surface area contributed by atoms with E-state index in [0.717, 1.165) is 79.3 Å². The molecule has 2 aliphatic rings. The maximum atomic E-state index is 12.7. The second kappa shape index (κ2) is 21.1. The Bertz CT molecular complexity index is 2040. The van der Waals surface area contributed by atoms with Gasteiger partial charge in [0.25, 0.3) is 5.91 Å². The molecule has 0 fully saturated rings. The van der Waals surface area contributed by atoms with Crippen molar-refractivity contribution in [3.8, 4) is 23.0 Å². The van der Waals surface area contributed by atoms with Crippen LogP contribution < -0.4 is 29.6 Å². The second-order valence-electron chi connectivity index (χ2n) is 15.0. The number of aliphatic hydroxyl groups excluding tert-OH is 4. The number of rotatable bonds is 22. The molecule has 4 aromatic rings. The molecule has 2 aliphatic heterocycles. The molecule has 1 amide bonds. The average molecular weight is 812 g/mol. The third-order valence-corrected chi connectivity index (χ3v) is 10.9. The van der Waals surface area contributed by atoms with E-state index in [2.05, 4.69) is 15.8 Å². The molecule has 13 heteroatoms. The zero-order valence-electron chi connectivity index (χ0n) is 34.2. The van der Waals surface area contributed by atoms with Crippen molar-refractivity contribution >= 4 is 17.3 Å². The number of oxime groups is 1. The third kappa shape index (κ3) is 10.6. The van der Waals surface area contributed by atoms with Crippen molar-refractivity contribution in [1.82, 2.24) is 5.32 Å². The van der Waals surface area contributed by atoms with Crippen LogP contribution in [0.25, 0.3) is 0 Å². The SMILES string of the molecule is COc1cc(C2=NOC(c3cc(CO)c(CO)c(CO)c3)C2)cc(OC)c1OCCCCCCCCCCOc1ccc(C2NC(=O)c3cc(C)ccc3N2)cc1CO. The molecule has 0 aromatic heterocycles. The Labute approximate surface area is 345 Å². The van der Waals surface area contributed by atoms with Gasteiger partial charge in [0.05, 0.1) is 65.1 Å². The minimum absolute atomic E-state index is 0.126. The minimum Gasteiger partial charge on any atom is -0.493 e. The summed E-state index contributed by atoms with van der Waals surface area (Å²) in [6, 6.07) is 18.7. The number of unbranched alkanes of at least 4 members (excludes halogenated alkanes) is 7. The van der Waals surface area contributed by atoms with Crippen LogP contribution in [0.2, 0.25) is 0 Å². The molecule has 6 rings (SSSR count). The van der Waals surface area contributed by atoms with Crippen LogP contribution in [0.3, 0.4) is 0 Å². The normalized spacial score (nSPS) is 15.8. The highest BCUT2D eigenvalue weighted by molar-refractivity contribution is 6.03. The number of aryl methyl sites for hydroxylation is 1. The summed E-state index contributed by atoms with van der Waals surface area (Å²) in [5.41, 5.74) is 7.81. The van der Waals surface area contributed by atoms with Gasteiger partial charge in [0, 0.05) is 23.2 Å². The molecule has 0 bridgehead atoms. The Hall–Kier alpha value is -5.34. The number of carbonyl (C=O) groups is 1. The number of nitrogens with zero attached hydrogens (tertiary/aromatic N) is 1. The van der Waals surface area contributed by atoms with Crippen LogP contribution >= 0.6 is 0 Å². The maximum Gasteiger partial charge on any atom is 0.255 e. The van der Waals surface area contributed by atoms with Gasteiger partial charge < -0.3 is 54.8 Å². The third-order valence-electron chi connectivity index (χ3n) is 10.9. The molecular weight excluding hydrogens is 755 g/mol. The summed E-state index contributed by atoms with van der Waals surface area (Å²) >= 11 is 0. The van der Waals surface area contributed by atoms with E-state index in [4.69, 9.17) is 23.8 Å². The largest absolute Gasteiger partial charge is 0.493 e. The standard InChI is InChI=1S/C46H57N3O10/c1-29-12-14-38-36(18-29)46(54)48-45(47-38)30-13-15-40(35(19-30)27-52)57-16-10-8-6-4-5-7-9-11-17-58-44-42(55-2)22-31(23-43(44)56-3)39-24-41(59-49-39)32-20-33(25-50)37(28-53)34(21-32)26-51/h12-15,18-23,41,45,47,50-53H,4-11,16-17,24-28H2,1-3H3,(H,48,54). The zero-order chi connectivity index (χ0) is 41.7. The van der Waals surface area contributed by atoms with E-state index in [1.807, 2.05) is 55.5 Å². The summed E-state index contributed by atoms with van der Waals surface area (Å²) in [5.74, 6) is 2.14. The number of hydrogen-bond acceptors (Lipinski definition) is 12. The van der Waals surface area contributed by atoms with E-state index in [0.29, 0.717) is 76.2 Å². The maximum absolute atomic E-state index is 12.7. The number of benzene rings is 4. The van der Waals surface area contributed by atoms with Crippen LogP contribution in [-0.2, 0) is 31.3 Å². The smallest absolute Gasteiger partial charge is 0.255 e. The first-order chi connectivity index (χ1) is 28.8. The lowest BCUT2D eigenvalue weighted by atomic mass is 9.93. The Balaban J connectivity index is 0.877. The number of ether oxygens (including phenoxy) is 4. The summed E-state index contributed by atoms with van der Waals surface area (Å²) in [4.78, 5) is 18.5. The molecule has 0 aliphatic carbocycles. The van der Waals surface area contributed by atoms with Gasteiger partial charge in [-0.3, -0.25) is 4.79 Å². The van der Waals surface area contributed by atoms with Gasteiger partial charge in [0.2, 0.25) is 5.75 Å². The van der Waals surface area contributed by atoms with Crippen LogP contribution in [0, 0.1) is 6.92 Å². The first-order valence-corrected chi connectivity index (χ1v) is 20.4. The van der Waals surface area contributed by atoms with Gasteiger partial charge in [-0.05, 0) is 96.1 Å². The Kier molecular flexibility index (Phi) is 15.4. The topological polar surface area (TPSA) is 181 Å². The van der Waals surface area contributed by atoms with Gasteiger partial charge in [0.15, 0.2) is 17.6 Å². The first kappa shape index (κ1) is 43.2. The number of aliphatic hydroxyl groups is 4. The van der Waals surface area contributed by atoms with Crippen molar-refractivity contribution in [2.24, 2.45) is 5.16 Å². The van der Waals surface area contributed by atoms with Crippen LogP contribution in [-0.4, -0.2) is 59.5 Å². The van der Waals surface area contributed by atoms with Crippen molar-refractivity contribution in [3.63, 3.8) is 0 Å². The van der Waals surface area contributed by atoms with Crippen molar-refractivity contribution in [2.75, 3.05) is 32.8 Å². The van der Waals surface area contributed by atoms with Gasteiger partial charge in [0.1, 0.15) is 11.9 Å². The van der Waals surface area contributed by atoms with Crippen LogP contribution in [0.15, 0.2) is 65.8 Å². The van der Waals surface area contributed by atoms with Crippen molar-refractivity contribution in [1.29, 1.82) is 0 Å². The fraction of sp³-hybridized carbons (Fsp3) is 0.435. The second-order valence-corrected chi connectivity index (χ2v) is 15.0. The van der Waals surface area contributed by atoms with Gasteiger partial charge >= 0.3 is 0 Å². The predicted octanol–water partition coefficient (Wildman–Crippen LogP) is 7.28. The number of hydrogen-bond donors (Lipinski definition) is 6. The molecule has 13 nitrogen and oxygen atoms in total. The minimum atomic E-state index is -0.423. The van der Waals surface area contributed by atoms with E-state index in [1.165, 1.54) is 0 Å². The van der Waals surface area contributed by atoms with E-state index in [1.54, 1.807) is 26.4 Å². The molecule has 4 aromatic carbocycles.